The predicted molar refractivity (Wildman–Crippen MR) is 74.8 cm³/mol. The van der Waals surface area contributed by atoms with Gasteiger partial charge in [-0.3, -0.25) is 4.98 Å². The normalized spacial score (nSPS) is 10.8. The number of hydrogen-bond acceptors (Lipinski definition) is 4. The second-order valence-electron chi connectivity index (χ2n) is 3.83. The summed E-state index contributed by atoms with van der Waals surface area (Å²) in [7, 11) is 0. The summed E-state index contributed by atoms with van der Waals surface area (Å²) in [5.74, 6) is -0.977. The molecule has 0 atom stereocenters. The van der Waals surface area contributed by atoms with Gasteiger partial charge in [0.05, 0.1) is 16.7 Å². The predicted octanol–water partition coefficient (Wildman–Crippen LogP) is 3.71. The number of fused-ring (bicyclic) bond motifs is 1. The average Bonchev–Trinajstić information content (AvgIpc) is 2.89. The molecule has 0 radical (unpaired) electrons. The van der Waals surface area contributed by atoms with Crippen molar-refractivity contribution in [2.75, 3.05) is 0 Å². The number of aromatic carboxylic acids is 1. The van der Waals surface area contributed by atoms with Crippen molar-refractivity contribution >= 4 is 39.8 Å². The third-order valence-electron chi connectivity index (χ3n) is 2.66. The molecule has 4 nitrogen and oxygen atoms in total. The van der Waals surface area contributed by atoms with Gasteiger partial charge in [-0.05, 0) is 24.3 Å². The van der Waals surface area contributed by atoms with Crippen LogP contribution in [0.4, 0.5) is 0 Å². The van der Waals surface area contributed by atoms with Gasteiger partial charge < -0.3 is 5.11 Å². The standard InChI is InChI=1S/C13H7ClN2O2S/c14-9-4-3-8(11-7(9)2-1-5-15-11)12-16-6-10(19-12)13(17)18/h1-6H,(H,17,18). The van der Waals surface area contributed by atoms with E-state index in [0.717, 1.165) is 27.8 Å². The van der Waals surface area contributed by atoms with E-state index in [4.69, 9.17) is 16.7 Å². The zero-order valence-corrected chi connectivity index (χ0v) is 11.1. The molecule has 0 aliphatic carbocycles. The number of carboxylic acid groups (broad SMARTS) is 1. The highest BCUT2D eigenvalue weighted by molar-refractivity contribution is 7.16. The van der Waals surface area contributed by atoms with E-state index in [-0.39, 0.29) is 4.88 Å². The molecule has 0 fully saturated rings. The molecule has 0 saturated heterocycles. The highest BCUT2D eigenvalue weighted by Gasteiger charge is 2.13. The molecule has 3 rings (SSSR count). The van der Waals surface area contributed by atoms with E-state index < -0.39 is 5.97 Å². The number of halogens is 1. The summed E-state index contributed by atoms with van der Waals surface area (Å²) in [6, 6.07) is 7.26. The molecule has 1 aromatic carbocycles. The molecule has 0 aliphatic rings. The molecule has 0 aliphatic heterocycles. The average molecular weight is 291 g/mol. The number of hydrogen-bond donors (Lipinski definition) is 1. The Bertz CT molecular complexity index is 785. The van der Waals surface area contributed by atoms with Crippen LogP contribution in [0.5, 0.6) is 0 Å². The van der Waals surface area contributed by atoms with Crippen LogP contribution in [-0.2, 0) is 0 Å². The van der Waals surface area contributed by atoms with Crippen molar-refractivity contribution < 1.29 is 9.90 Å². The van der Waals surface area contributed by atoms with Gasteiger partial charge in [0, 0.05) is 17.1 Å². The molecule has 1 N–H and O–H groups in total. The molecule has 2 heterocycles. The number of aromatic nitrogens is 2. The van der Waals surface area contributed by atoms with Crippen LogP contribution in [-0.4, -0.2) is 21.0 Å². The van der Waals surface area contributed by atoms with Crippen molar-refractivity contribution in [3.63, 3.8) is 0 Å². The first-order valence-electron chi connectivity index (χ1n) is 5.39. The lowest BCUT2D eigenvalue weighted by molar-refractivity contribution is 0.0702. The molecule has 94 valence electrons. The third kappa shape index (κ3) is 2.07. The number of rotatable bonds is 2. The highest BCUT2D eigenvalue weighted by atomic mass is 35.5. The quantitative estimate of drug-likeness (QED) is 0.781. The molecule has 0 spiro atoms. The minimum Gasteiger partial charge on any atom is -0.477 e. The van der Waals surface area contributed by atoms with Gasteiger partial charge in [-0.2, -0.15) is 0 Å². The third-order valence-corrected chi connectivity index (χ3v) is 4.01. The molecule has 19 heavy (non-hydrogen) atoms. The Morgan fingerprint density at radius 1 is 1.26 bits per heavy atom. The van der Waals surface area contributed by atoms with E-state index in [1.165, 1.54) is 6.20 Å². The first-order valence-corrected chi connectivity index (χ1v) is 6.59. The van der Waals surface area contributed by atoms with E-state index in [0.29, 0.717) is 10.0 Å². The van der Waals surface area contributed by atoms with Crippen LogP contribution in [0.15, 0.2) is 36.7 Å². The van der Waals surface area contributed by atoms with Gasteiger partial charge in [0.15, 0.2) is 0 Å². The van der Waals surface area contributed by atoms with Gasteiger partial charge in [0.2, 0.25) is 0 Å². The van der Waals surface area contributed by atoms with Crippen LogP contribution >= 0.6 is 22.9 Å². The molecule has 0 bridgehead atoms. The summed E-state index contributed by atoms with van der Waals surface area (Å²) in [6.45, 7) is 0. The van der Waals surface area contributed by atoms with Crippen molar-refractivity contribution in [3.8, 4) is 10.6 Å². The molecule has 3 aromatic rings. The lowest BCUT2D eigenvalue weighted by Gasteiger charge is -2.04. The lowest BCUT2D eigenvalue weighted by Crippen LogP contribution is -1.89. The summed E-state index contributed by atoms with van der Waals surface area (Å²) in [4.78, 5) is 19.5. The maximum Gasteiger partial charge on any atom is 0.347 e. The van der Waals surface area contributed by atoms with Crippen LogP contribution < -0.4 is 0 Å². The molecule has 0 saturated carbocycles. The van der Waals surface area contributed by atoms with Crippen LogP contribution in [0.2, 0.25) is 5.02 Å². The second-order valence-corrected chi connectivity index (χ2v) is 5.27. The Labute approximate surface area is 117 Å². The summed E-state index contributed by atoms with van der Waals surface area (Å²) in [6.07, 6.45) is 3.03. The van der Waals surface area contributed by atoms with Crippen molar-refractivity contribution in [2.45, 2.75) is 0 Å². The SMILES string of the molecule is O=C(O)c1cnc(-c2ccc(Cl)c3cccnc23)s1. The van der Waals surface area contributed by atoms with Gasteiger partial charge in [0.1, 0.15) is 9.88 Å². The first kappa shape index (κ1) is 12.1. The van der Waals surface area contributed by atoms with Crippen LogP contribution in [0.3, 0.4) is 0 Å². The van der Waals surface area contributed by atoms with Gasteiger partial charge in [-0.25, -0.2) is 9.78 Å². The molecule has 0 amide bonds. The van der Waals surface area contributed by atoms with E-state index in [9.17, 15) is 4.79 Å². The number of nitrogens with zero attached hydrogens (tertiary/aromatic N) is 2. The van der Waals surface area contributed by atoms with E-state index in [1.807, 2.05) is 18.2 Å². The molecular weight excluding hydrogens is 284 g/mol. The lowest BCUT2D eigenvalue weighted by atomic mass is 10.1. The zero-order valence-electron chi connectivity index (χ0n) is 9.50. The fourth-order valence-corrected chi connectivity index (χ4v) is 2.80. The number of pyridine rings is 1. The maximum atomic E-state index is 10.9. The fraction of sp³-hybridized carbons (Fsp3) is 0. The number of carboxylic acids is 1. The minimum absolute atomic E-state index is 0.203. The van der Waals surface area contributed by atoms with Crippen molar-refractivity contribution in [1.29, 1.82) is 0 Å². The summed E-state index contributed by atoms with van der Waals surface area (Å²) < 4.78 is 0. The van der Waals surface area contributed by atoms with Crippen molar-refractivity contribution in [1.82, 2.24) is 9.97 Å². The number of thiazole rings is 1. The van der Waals surface area contributed by atoms with Gasteiger partial charge in [-0.15, -0.1) is 11.3 Å². The molecule has 6 heteroatoms. The summed E-state index contributed by atoms with van der Waals surface area (Å²) >= 11 is 7.24. The van der Waals surface area contributed by atoms with E-state index >= 15 is 0 Å². The van der Waals surface area contributed by atoms with Crippen LogP contribution in [0, 0.1) is 0 Å². The Balaban J connectivity index is 2.24. The van der Waals surface area contributed by atoms with Gasteiger partial charge in [-0.1, -0.05) is 11.6 Å². The Kier molecular flexibility index (Phi) is 2.93. The van der Waals surface area contributed by atoms with Crippen molar-refractivity contribution in [3.05, 3.63) is 46.6 Å². The Hall–Kier alpha value is -1.98. The van der Waals surface area contributed by atoms with Crippen LogP contribution in [0.1, 0.15) is 9.67 Å². The number of carbonyl (C=O) groups is 1. The molecule has 2 aromatic heterocycles. The van der Waals surface area contributed by atoms with E-state index in [2.05, 4.69) is 9.97 Å². The van der Waals surface area contributed by atoms with Crippen molar-refractivity contribution in [2.24, 2.45) is 0 Å². The largest absolute Gasteiger partial charge is 0.477 e. The summed E-state index contributed by atoms with van der Waals surface area (Å²) in [5.41, 5.74) is 1.51. The second kappa shape index (κ2) is 4.60. The van der Waals surface area contributed by atoms with Gasteiger partial charge in [0.25, 0.3) is 0 Å². The Morgan fingerprint density at radius 2 is 2.11 bits per heavy atom. The summed E-state index contributed by atoms with van der Waals surface area (Å²) in [5, 5.41) is 11.0. The van der Waals surface area contributed by atoms with E-state index in [1.54, 1.807) is 12.3 Å². The smallest absolute Gasteiger partial charge is 0.347 e. The monoisotopic (exact) mass is 290 g/mol. The molecule has 0 unspecified atom stereocenters. The fourth-order valence-electron chi connectivity index (χ4n) is 1.81. The minimum atomic E-state index is -0.977. The number of benzene rings is 1. The highest BCUT2D eigenvalue weighted by Crippen LogP contribution is 2.33. The van der Waals surface area contributed by atoms with Gasteiger partial charge >= 0.3 is 5.97 Å². The zero-order chi connectivity index (χ0) is 13.4. The molecular formula is C13H7ClN2O2S. The maximum absolute atomic E-state index is 10.9. The Morgan fingerprint density at radius 3 is 2.84 bits per heavy atom. The van der Waals surface area contributed by atoms with Crippen LogP contribution in [0.25, 0.3) is 21.5 Å². The topological polar surface area (TPSA) is 63.1 Å². The first-order chi connectivity index (χ1) is 9.16.